The molecule has 0 bridgehead atoms. The van der Waals surface area contributed by atoms with Crippen molar-refractivity contribution < 1.29 is 22.8 Å². The summed E-state index contributed by atoms with van der Waals surface area (Å²) in [5.74, 6) is -0.517. The highest BCUT2D eigenvalue weighted by atomic mass is 28.4. The molecule has 6 heteroatoms. The zero-order chi connectivity index (χ0) is 16.8. The number of hydrogen-bond donors (Lipinski definition) is 0. The van der Waals surface area contributed by atoms with Crippen molar-refractivity contribution in [2.24, 2.45) is 0 Å². The summed E-state index contributed by atoms with van der Waals surface area (Å²) in [6, 6.07) is 0. The second-order valence-corrected chi connectivity index (χ2v) is 7.71. The lowest BCUT2D eigenvalue weighted by atomic mass is 10.4. The van der Waals surface area contributed by atoms with Crippen LogP contribution < -0.4 is 0 Å². The lowest BCUT2D eigenvalue weighted by Crippen LogP contribution is -2.51. The summed E-state index contributed by atoms with van der Waals surface area (Å²) in [6.07, 6.45) is 5.66. The number of rotatable bonds is 14. The fourth-order valence-corrected chi connectivity index (χ4v) is 4.05. The van der Waals surface area contributed by atoms with Gasteiger partial charge in [0.25, 0.3) is 0 Å². The first kappa shape index (κ1) is 21.3. The molecule has 0 aliphatic rings. The fourth-order valence-electron chi connectivity index (χ4n) is 1.69. The Bertz CT molecular complexity index is 293. The van der Waals surface area contributed by atoms with Gasteiger partial charge in [0.15, 0.2) is 0 Å². The lowest BCUT2D eigenvalue weighted by molar-refractivity contribution is -0.136. The highest BCUT2D eigenvalue weighted by Crippen LogP contribution is 2.22. The van der Waals surface area contributed by atoms with Crippen molar-refractivity contribution in [2.75, 3.05) is 26.9 Å². The smallest absolute Gasteiger partial charge is 0.466 e. The van der Waals surface area contributed by atoms with E-state index in [2.05, 4.69) is 27.4 Å². The topological polar surface area (TPSA) is 54.0 Å². The minimum Gasteiger partial charge on any atom is -0.466 e. The highest BCUT2D eigenvalue weighted by Gasteiger charge is 2.48. The third-order valence-corrected chi connectivity index (χ3v) is 5.87. The molecule has 0 fully saturated rings. The predicted octanol–water partition coefficient (Wildman–Crippen LogP) is 3.64. The Hall–Kier alpha value is -0.693. The summed E-state index contributed by atoms with van der Waals surface area (Å²) in [7, 11) is -1.93. The zero-order valence-corrected chi connectivity index (χ0v) is 15.6. The SMILES string of the molecule is C=C(C(=O)OC)[Si](OCCCC)(OCCCC)OCCCC. The molecule has 0 spiro atoms. The van der Waals surface area contributed by atoms with E-state index in [9.17, 15) is 4.79 Å². The third-order valence-electron chi connectivity index (χ3n) is 3.17. The number of methoxy groups -OCH3 is 1. The molecule has 0 aromatic heterocycles. The molecular formula is C16H32O5Si. The van der Waals surface area contributed by atoms with E-state index in [1.54, 1.807) is 0 Å². The normalized spacial score (nSPS) is 11.5. The predicted molar refractivity (Wildman–Crippen MR) is 89.5 cm³/mol. The Morgan fingerprint density at radius 3 is 1.50 bits per heavy atom. The molecule has 0 amide bonds. The van der Waals surface area contributed by atoms with Crippen LogP contribution in [-0.4, -0.2) is 41.7 Å². The number of unbranched alkanes of at least 4 members (excludes halogenated alkanes) is 3. The van der Waals surface area contributed by atoms with Crippen LogP contribution >= 0.6 is 0 Å². The van der Waals surface area contributed by atoms with Crippen LogP contribution in [0.5, 0.6) is 0 Å². The molecule has 0 aliphatic carbocycles. The Morgan fingerprint density at radius 1 is 0.864 bits per heavy atom. The van der Waals surface area contributed by atoms with Crippen molar-refractivity contribution >= 4 is 14.8 Å². The van der Waals surface area contributed by atoms with Crippen molar-refractivity contribution in [3.05, 3.63) is 11.8 Å². The van der Waals surface area contributed by atoms with Gasteiger partial charge in [-0.3, -0.25) is 0 Å². The second kappa shape index (κ2) is 12.8. The van der Waals surface area contributed by atoms with E-state index in [1.807, 2.05) is 0 Å². The van der Waals surface area contributed by atoms with Gasteiger partial charge >= 0.3 is 14.8 Å². The second-order valence-electron chi connectivity index (χ2n) is 5.13. The van der Waals surface area contributed by atoms with E-state index in [1.165, 1.54) is 7.11 Å². The molecular weight excluding hydrogens is 300 g/mol. The van der Waals surface area contributed by atoms with Gasteiger partial charge in [0, 0.05) is 19.8 Å². The van der Waals surface area contributed by atoms with Crippen molar-refractivity contribution in [2.45, 2.75) is 59.3 Å². The number of hydrogen-bond acceptors (Lipinski definition) is 5. The Kier molecular flexibility index (Phi) is 12.4. The molecule has 22 heavy (non-hydrogen) atoms. The van der Waals surface area contributed by atoms with Crippen LogP contribution in [0.15, 0.2) is 11.8 Å². The maximum atomic E-state index is 11.9. The summed E-state index contributed by atoms with van der Waals surface area (Å²) in [5.41, 5.74) is 0. The first-order valence-corrected chi connectivity index (χ1v) is 9.99. The molecule has 0 N–H and O–H groups in total. The van der Waals surface area contributed by atoms with Crippen LogP contribution in [0, 0.1) is 0 Å². The number of esters is 1. The monoisotopic (exact) mass is 332 g/mol. The molecule has 0 heterocycles. The van der Waals surface area contributed by atoms with Gasteiger partial charge < -0.3 is 18.0 Å². The molecule has 0 saturated carbocycles. The first-order chi connectivity index (χ1) is 10.6. The Balaban J connectivity index is 5.08. The minimum absolute atomic E-state index is 0.193. The molecule has 0 aromatic carbocycles. The van der Waals surface area contributed by atoms with Crippen molar-refractivity contribution in [1.82, 2.24) is 0 Å². The maximum absolute atomic E-state index is 11.9. The largest absolute Gasteiger partial charge is 0.544 e. The molecule has 0 aliphatic heterocycles. The molecule has 0 atom stereocenters. The fraction of sp³-hybridized carbons (Fsp3) is 0.812. The third kappa shape index (κ3) is 7.53. The van der Waals surface area contributed by atoms with E-state index in [4.69, 9.17) is 18.0 Å². The van der Waals surface area contributed by atoms with E-state index < -0.39 is 14.8 Å². The van der Waals surface area contributed by atoms with Gasteiger partial charge in [-0.15, -0.1) is 0 Å². The molecule has 130 valence electrons. The quantitative estimate of drug-likeness (QED) is 0.210. The average molecular weight is 333 g/mol. The van der Waals surface area contributed by atoms with Gasteiger partial charge in [-0.1, -0.05) is 46.6 Å². The standard InChI is InChI=1S/C16H32O5Si/c1-6-9-12-19-22(20-13-10-7-2,21-14-11-8-3)15(4)16(17)18-5/h4,6-14H2,1-3,5H3. The van der Waals surface area contributed by atoms with Crippen LogP contribution in [0.2, 0.25) is 0 Å². The number of carbonyl (C=O) groups is 1. The van der Waals surface area contributed by atoms with Crippen molar-refractivity contribution in [3.8, 4) is 0 Å². The zero-order valence-electron chi connectivity index (χ0n) is 14.6. The summed E-state index contributed by atoms with van der Waals surface area (Å²) in [6.45, 7) is 11.6. The Morgan fingerprint density at radius 2 is 1.23 bits per heavy atom. The van der Waals surface area contributed by atoms with Gasteiger partial charge in [-0.25, -0.2) is 4.79 Å². The van der Waals surface area contributed by atoms with Crippen LogP contribution in [-0.2, 0) is 22.8 Å². The van der Waals surface area contributed by atoms with Crippen molar-refractivity contribution in [3.63, 3.8) is 0 Å². The van der Waals surface area contributed by atoms with Gasteiger partial charge in [-0.2, -0.15) is 0 Å². The minimum atomic E-state index is -3.26. The molecule has 0 rings (SSSR count). The van der Waals surface area contributed by atoms with Gasteiger partial charge in [0.1, 0.15) is 5.20 Å². The molecule has 0 unspecified atom stereocenters. The van der Waals surface area contributed by atoms with Crippen LogP contribution in [0.3, 0.4) is 0 Å². The first-order valence-electron chi connectivity index (χ1n) is 8.27. The van der Waals surface area contributed by atoms with Gasteiger partial charge in [0.2, 0.25) is 0 Å². The van der Waals surface area contributed by atoms with E-state index in [-0.39, 0.29) is 5.20 Å². The number of carbonyl (C=O) groups excluding carboxylic acids is 1. The molecule has 5 nitrogen and oxygen atoms in total. The lowest BCUT2D eigenvalue weighted by Gasteiger charge is -2.30. The van der Waals surface area contributed by atoms with Gasteiger partial charge in [-0.05, 0) is 19.3 Å². The van der Waals surface area contributed by atoms with E-state index >= 15 is 0 Å². The highest BCUT2D eigenvalue weighted by molar-refractivity contribution is 6.73. The van der Waals surface area contributed by atoms with Crippen LogP contribution in [0.1, 0.15) is 59.3 Å². The molecule has 0 aromatic rings. The van der Waals surface area contributed by atoms with E-state index in [0.717, 1.165) is 38.5 Å². The molecule has 0 radical (unpaired) electrons. The summed E-state index contributed by atoms with van der Waals surface area (Å²) < 4.78 is 22.6. The summed E-state index contributed by atoms with van der Waals surface area (Å²) >= 11 is 0. The maximum Gasteiger partial charge on any atom is 0.544 e. The molecule has 0 saturated heterocycles. The van der Waals surface area contributed by atoms with Crippen LogP contribution in [0.4, 0.5) is 0 Å². The van der Waals surface area contributed by atoms with Crippen LogP contribution in [0.25, 0.3) is 0 Å². The average Bonchev–Trinajstić information content (AvgIpc) is 2.53. The Labute approximate surface area is 136 Å². The van der Waals surface area contributed by atoms with Gasteiger partial charge in [0.05, 0.1) is 7.11 Å². The summed E-state index contributed by atoms with van der Waals surface area (Å²) in [5, 5.41) is 0.193. The summed E-state index contributed by atoms with van der Waals surface area (Å²) in [4.78, 5) is 11.9. The van der Waals surface area contributed by atoms with Crippen molar-refractivity contribution in [1.29, 1.82) is 0 Å². The number of ether oxygens (including phenoxy) is 1. The van der Waals surface area contributed by atoms with E-state index in [0.29, 0.717) is 19.8 Å².